The Morgan fingerprint density at radius 1 is 0.917 bits per heavy atom. The molecule has 3 aromatic carbocycles. The summed E-state index contributed by atoms with van der Waals surface area (Å²) in [5.41, 5.74) is 4.12. The number of carbonyl (C=O) groups excluding carboxylic acids is 2. The van der Waals surface area contributed by atoms with Crippen molar-refractivity contribution in [1.82, 2.24) is 0 Å². The number of benzene rings is 3. The number of amides is 1. The maximum absolute atomic E-state index is 12.0. The predicted molar refractivity (Wildman–Crippen MR) is 134 cm³/mol. The topological polar surface area (TPSA) is 83.5 Å². The van der Waals surface area contributed by atoms with E-state index in [4.69, 9.17) is 23.7 Å². The van der Waals surface area contributed by atoms with Gasteiger partial charge in [-0.25, -0.2) is 9.59 Å². The Balaban J connectivity index is 1.52. The lowest BCUT2D eigenvalue weighted by Gasteiger charge is -2.22. The van der Waals surface area contributed by atoms with Crippen LogP contribution in [-0.4, -0.2) is 46.0 Å². The molecule has 0 N–H and O–H groups in total. The molecule has 0 saturated heterocycles. The zero-order chi connectivity index (χ0) is 25.5. The molecule has 1 amide bonds. The maximum Gasteiger partial charge on any atom is 0.413 e. The van der Waals surface area contributed by atoms with Crippen molar-refractivity contribution in [1.29, 1.82) is 0 Å². The minimum absolute atomic E-state index is 0.317. The molecular formula is C28H29NO7. The van der Waals surface area contributed by atoms with Gasteiger partial charge in [-0.15, -0.1) is 0 Å². The first-order valence-electron chi connectivity index (χ1n) is 11.7. The van der Waals surface area contributed by atoms with Crippen LogP contribution in [0.2, 0.25) is 0 Å². The minimum Gasteiger partial charge on any atom is -0.488 e. The molecule has 0 radical (unpaired) electrons. The zero-order valence-corrected chi connectivity index (χ0v) is 20.6. The number of ether oxygens (including phenoxy) is 5. The van der Waals surface area contributed by atoms with Crippen molar-refractivity contribution in [2.45, 2.75) is 20.0 Å². The summed E-state index contributed by atoms with van der Waals surface area (Å²) in [6.45, 7) is 3.39. The number of anilines is 1. The number of hydrogen-bond donors (Lipinski definition) is 0. The predicted octanol–water partition coefficient (Wildman–Crippen LogP) is 5.01. The van der Waals surface area contributed by atoms with Crippen LogP contribution in [0.25, 0.3) is 0 Å². The second kappa shape index (κ2) is 11.5. The molecule has 36 heavy (non-hydrogen) atoms. The van der Waals surface area contributed by atoms with E-state index < -0.39 is 6.09 Å². The summed E-state index contributed by atoms with van der Waals surface area (Å²) in [6.07, 6.45) is 0.198. The summed E-state index contributed by atoms with van der Waals surface area (Å²) < 4.78 is 27.5. The first-order valence-corrected chi connectivity index (χ1v) is 11.7. The van der Waals surface area contributed by atoms with Gasteiger partial charge in [-0.3, -0.25) is 4.90 Å². The van der Waals surface area contributed by atoms with Crippen LogP contribution in [0.3, 0.4) is 0 Å². The van der Waals surface area contributed by atoms with Crippen molar-refractivity contribution in [2.75, 3.05) is 38.9 Å². The number of rotatable bonds is 8. The molecular weight excluding hydrogens is 462 g/mol. The van der Waals surface area contributed by atoms with Crippen LogP contribution >= 0.6 is 0 Å². The minimum atomic E-state index is -0.396. The lowest BCUT2D eigenvalue weighted by molar-refractivity contribution is 0.0600. The Morgan fingerprint density at radius 3 is 2.19 bits per heavy atom. The number of fused-ring (bicyclic) bond motifs is 1. The van der Waals surface area contributed by atoms with Crippen LogP contribution in [0, 0.1) is 0 Å². The van der Waals surface area contributed by atoms with Crippen LogP contribution in [-0.2, 0) is 22.5 Å². The van der Waals surface area contributed by atoms with Crippen LogP contribution in [0.4, 0.5) is 10.5 Å². The van der Waals surface area contributed by atoms with Crippen LogP contribution in [0.15, 0.2) is 60.7 Å². The van der Waals surface area contributed by atoms with E-state index in [-0.39, 0.29) is 5.97 Å². The Hall–Kier alpha value is -4.20. The SMILES string of the molecule is CCOC(=O)N(C)c1ccc(Cc2cc3c(cc2OCc2ccc(C(=O)OC)cc2)OCCO3)cc1. The summed E-state index contributed by atoms with van der Waals surface area (Å²) in [5, 5.41) is 0. The third-order valence-electron chi connectivity index (χ3n) is 5.75. The highest BCUT2D eigenvalue weighted by atomic mass is 16.6. The van der Waals surface area contributed by atoms with Gasteiger partial charge in [0.05, 0.1) is 19.3 Å². The fourth-order valence-electron chi connectivity index (χ4n) is 3.78. The highest BCUT2D eigenvalue weighted by molar-refractivity contribution is 5.89. The molecule has 3 aromatic rings. The average molecular weight is 492 g/mol. The van der Waals surface area contributed by atoms with Gasteiger partial charge in [-0.05, 0) is 48.4 Å². The summed E-state index contributed by atoms with van der Waals surface area (Å²) in [6, 6.07) is 18.6. The molecule has 0 spiro atoms. The Labute approximate surface area is 210 Å². The largest absolute Gasteiger partial charge is 0.488 e. The van der Waals surface area contributed by atoms with Gasteiger partial charge >= 0.3 is 12.1 Å². The van der Waals surface area contributed by atoms with Crippen molar-refractivity contribution in [3.05, 3.63) is 82.9 Å². The lowest BCUT2D eigenvalue weighted by Crippen LogP contribution is -2.26. The van der Waals surface area contributed by atoms with E-state index in [2.05, 4.69) is 0 Å². The summed E-state index contributed by atoms with van der Waals surface area (Å²) in [4.78, 5) is 25.1. The summed E-state index contributed by atoms with van der Waals surface area (Å²) >= 11 is 0. The Kier molecular flexibility index (Phi) is 7.95. The Bertz CT molecular complexity index is 1210. The molecule has 1 aliphatic rings. The van der Waals surface area contributed by atoms with Crippen molar-refractivity contribution in [3.8, 4) is 17.2 Å². The molecule has 0 aromatic heterocycles. The smallest absolute Gasteiger partial charge is 0.413 e. The van der Waals surface area contributed by atoms with Gasteiger partial charge < -0.3 is 23.7 Å². The average Bonchev–Trinajstić information content (AvgIpc) is 2.92. The van der Waals surface area contributed by atoms with Gasteiger partial charge in [0.15, 0.2) is 11.5 Å². The van der Waals surface area contributed by atoms with E-state index in [1.807, 2.05) is 48.5 Å². The molecule has 8 heteroatoms. The van der Waals surface area contributed by atoms with Gasteiger partial charge in [0.25, 0.3) is 0 Å². The van der Waals surface area contributed by atoms with Gasteiger partial charge in [-0.1, -0.05) is 24.3 Å². The number of carbonyl (C=O) groups is 2. The van der Waals surface area contributed by atoms with Gasteiger partial charge in [0, 0.05) is 30.8 Å². The molecule has 0 saturated carbocycles. The fraction of sp³-hybridized carbons (Fsp3) is 0.286. The first kappa shape index (κ1) is 24.9. The van der Waals surface area contributed by atoms with E-state index in [0.29, 0.717) is 55.7 Å². The summed E-state index contributed by atoms with van der Waals surface area (Å²) in [7, 11) is 3.03. The number of methoxy groups -OCH3 is 1. The number of nitrogens with zero attached hydrogens (tertiary/aromatic N) is 1. The first-order chi connectivity index (χ1) is 17.5. The number of hydrogen-bond acceptors (Lipinski definition) is 7. The highest BCUT2D eigenvalue weighted by Gasteiger charge is 2.18. The van der Waals surface area contributed by atoms with E-state index in [1.54, 1.807) is 26.1 Å². The van der Waals surface area contributed by atoms with Gasteiger partial charge in [0.1, 0.15) is 25.6 Å². The quantitative estimate of drug-likeness (QED) is 0.410. The van der Waals surface area contributed by atoms with Crippen LogP contribution in [0.5, 0.6) is 17.2 Å². The van der Waals surface area contributed by atoms with Crippen LogP contribution < -0.4 is 19.1 Å². The standard InChI is InChI=1S/C28H29NO7/c1-4-33-28(31)29(2)23-11-7-19(8-12-23)15-22-16-25-26(35-14-13-34-25)17-24(22)36-18-20-5-9-21(10-6-20)27(30)32-3/h5-12,16-17H,4,13-15,18H2,1-3H3. The van der Waals surface area contributed by atoms with Crippen molar-refractivity contribution in [2.24, 2.45) is 0 Å². The Morgan fingerprint density at radius 2 is 1.56 bits per heavy atom. The second-order valence-electron chi connectivity index (χ2n) is 8.18. The van der Waals surface area contributed by atoms with E-state index in [9.17, 15) is 9.59 Å². The molecule has 8 nitrogen and oxygen atoms in total. The fourth-order valence-corrected chi connectivity index (χ4v) is 3.78. The van der Waals surface area contributed by atoms with E-state index in [0.717, 1.165) is 22.4 Å². The second-order valence-corrected chi connectivity index (χ2v) is 8.18. The van der Waals surface area contributed by atoms with Gasteiger partial charge in [0.2, 0.25) is 0 Å². The molecule has 188 valence electrons. The highest BCUT2D eigenvalue weighted by Crippen LogP contribution is 2.38. The summed E-state index contributed by atoms with van der Waals surface area (Å²) in [5.74, 6) is 1.64. The van der Waals surface area contributed by atoms with Crippen molar-refractivity contribution < 1.29 is 33.3 Å². The monoisotopic (exact) mass is 491 g/mol. The molecule has 0 bridgehead atoms. The van der Waals surface area contributed by atoms with E-state index >= 15 is 0 Å². The lowest BCUT2D eigenvalue weighted by atomic mass is 10.0. The maximum atomic E-state index is 12.0. The molecule has 0 unspecified atom stereocenters. The molecule has 0 fully saturated rings. The molecule has 0 atom stereocenters. The van der Waals surface area contributed by atoms with Gasteiger partial charge in [-0.2, -0.15) is 0 Å². The third kappa shape index (κ3) is 5.89. The normalized spacial score (nSPS) is 12.0. The zero-order valence-electron chi connectivity index (χ0n) is 20.6. The molecule has 1 aliphatic heterocycles. The van der Waals surface area contributed by atoms with Crippen LogP contribution in [0.1, 0.15) is 34.0 Å². The van der Waals surface area contributed by atoms with Crippen molar-refractivity contribution >= 4 is 17.7 Å². The molecule has 0 aliphatic carbocycles. The third-order valence-corrected chi connectivity index (χ3v) is 5.75. The molecule has 1 heterocycles. The number of esters is 1. The molecule has 4 rings (SSSR count). The van der Waals surface area contributed by atoms with E-state index in [1.165, 1.54) is 12.0 Å². The van der Waals surface area contributed by atoms with Crippen molar-refractivity contribution in [3.63, 3.8) is 0 Å².